The third kappa shape index (κ3) is 5.53. The predicted molar refractivity (Wildman–Crippen MR) is 125 cm³/mol. The number of nitrogens with zero attached hydrogens (tertiary/aromatic N) is 3. The second-order valence-electron chi connectivity index (χ2n) is 8.94. The van der Waals surface area contributed by atoms with Crippen LogP contribution in [0.25, 0.3) is 11.1 Å². The van der Waals surface area contributed by atoms with E-state index in [4.69, 9.17) is 0 Å². The van der Waals surface area contributed by atoms with Crippen molar-refractivity contribution in [2.45, 2.75) is 58.3 Å². The van der Waals surface area contributed by atoms with E-state index in [0.717, 1.165) is 30.4 Å². The Labute approximate surface area is 193 Å². The average molecular weight is 447 g/mol. The van der Waals surface area contributed by atoms with Gasteiger partial charge in [0.1, 0.15) is 5.82 Å². The van der Waals surface area contributed by atoms with Gasteiger partial charge in [-0.2, -0.15) is 5.10 Å². The van der Waals surface area contributed by atoms with Gasteiger partial charge >= 0.3 is 5.97 Å². The molecule has 1 saturated carbocycles. The molecule has 0 amide bonds. The summed E-state index contributed by atoms with van der Waals surface area (Å²) in [4.78, 5) is 33.0. The topological polar surface area (TPSA) is 109 Å². The highest BCUT2D eigenvalue weighted by molar-refractivity contribution is 5.95. The number of aromatic nitrogens is 4. The molecule has 3 aromatic rings. The van der Waals surface area contributed by atoms with Crippen molar-refractivity contribution in [3.63, 3.8) is 0 Å². The summed E-state index contributed by atoms with van der Waals surface area (Å²) in [5, 5.41) is 16.5. The molecule has 2 atom stereocenters. The largest absolute Gasteiger partial charge is 0.478 e. The summed E-state index contributed by atoms with van der Waals surface area (Å²) in [5.41, 5.74) is 2.57. The predicted octanol–water partition coefficient (Wildman–Crippen LogP) is 5.34. The highest BCUT2D eigenvalue weighted by atomic mass is 16.4. The van der Waals surface area contributed by atoms with Crippen LogP contribution in [-0.4, -0.2) is 37.0 Å². The van der Waals surface area contributed by atoms with Crippen molar-refractivity contribution in [1.82, 2.24) is 20.2 Å². The summed E-state index contributed by atoms with van der Waals surface area (Å²) < 4.78 is 0. The third-order valence-corrected chi connectivity index (χ3v) is 6.56. The molecule has 2 unspecified atom stereocenters. The fraction of sp³-hybridized carbons (Fsp3) is 0.423. The molecule has 1 fully saturated rings. The number of carboxylic acids is 1. The van der Waals surface area contributed by atoms with E-state index >= 15 is 0 Å². The Morgan fingerprint density at radius 1 is 1.15 bits per heavy atom. The van der Waals surface area contributed by atoms with E-state index in [1.165, 1.54) is 37.9 Å². The van der Waals surface area contributed by atoms with Crippen molar-refractivity contribution < 1.29 is 14.7 Å². The van der Waals surface area contributed by atoms with Crippen LogP contribution in [0.3, 0.4) is 0 Å². The molecular formula is C26H30N4O3. The number of pyridine rings is 1. The number of rotatable bonds is 9. The van der Waals surface area contributed by atoms with E-state index in [1.54, 1.807) is 6.20 Å². The summed E-state index contributed by atoms with van der Waals surface area (Å²) in [6.07, 6.45) is 11.4. The monoisotopic (exact) mass is 446 g/mol. The molecular weight excluding hydrogens is 416 g/mol. The maximum Gasteiger partial charge on any atom is 0.336 e. The zero-order valence-corrected chi connectivity index (χ0v) is 19.0. The zero-order chi connectivity index (χ0) is 23.2. The Hall–Kier alpha value is -3.35. The molecule has 0 spiro atoms. The van der Waals surface area contributed by atoms with Gasteiger partial charge in [-0.1, -0.05) is 63.3 Å². The van der Waals surface area contributed by atoms with Crippen molar-refractivity contribution in [1.29, 1.82) is 0 Å². The number of carbonyl (C=O) groups is 2. The smallest absolute Gasteiger partial charge is 0.336 e. The summed E-state index contributed by atoms with van der Waals surface area (Å²) in [7, 11) is 0. The van der Waals surface area contributed by atoms with Crippen LogP contribution in [0.15, 0.2) is 42.7 Å². The number of H-pyrrole nitrogens is 1. The number of hydrogen-bond acceptors (Lipinski definition) is 5. The number of aromatic carboxylic acids is 1. The van der Waals surface area contributed by atoms with Crippen LogP contribution in [0.1, 0.15) is 84.2 Å². The first-order chi connectivity index (χ1) is 16.0. The minimum Gasteiger partial charge on any atom is -0.478 e. The third-order valence-electron chi connectivity index (χ3n) is 6.56. The molecule has 33 heavy (non-hydrogen) atoms. The second kappa shape index (κ2) is 10.5. The molecule has 2 heterocycles. The van der Waals surface area contributed by atoms with E-state index in [1.807, 2.05) is 24.3 Å². The van der Waals surface area contributed by atoms with Gasteiger partial charge in [-0.15, -0.1) is 0 Å². The first-order valence-corrected chi connectivity index (χ1v) is 11.8. The summed E-state index contributed by atoms with van der Waals surface area (Å²) in [6.45, 7) is 2.21. The minimum absolute atomic E-state index is 0.0338. The lowest BCUT2D eigenvalue weighted by Crippen LogP contribution is -2.24. The number of Topliss-reactive ketones (excluding diaryl/α,β-unsaturated/α-hetero) is 1. The maximum atomic E-state index is 13.0. The molecule has 2 N–H and O–H groups in total. The van der Waals surface area contributed by atoms with E-state index < -0.39 is 5.97 Å². The van der Waals surface area contributed by atoms with Crippen LogP contribution in [0.5, 0.6) is 0 Å². The summed E-state index contributed by atoms with van der Waals surface area (Å²) in [6, 6.07) is 9.10. The van der Waals surface area contributed by atoms with E-state index in [0.29, 0.717) is 29.6 Å². The number of hydrogen-bond donors (Lipinski definition) is 2. The number of carboxylic acid groups (broad SMARTS) is 1. The molecule has 172 valence electrons. The van der Waals surface area contributed by atoms with Gasteiger partial charge in [0.25, 0.3) is 0 Å². The molecule has 0 radical (unpaired) electrons. The standard InChI is InChI=1S/C26H30N4O3/c1-2-3-5-17-6-4-7-20(14-17)24(31)25-28-23(29-30-25)15-18-8-10-19(11-9-18)22-16-27-13-12-21(22)26(32)33/h8-13,16-17,20H,2-7,14-15H2,1H3,(H,32,33)(H,28,29,30). The quantitative estimate of drug-likeness (QED) is 0.430. The normalized spacial score (nSPS) is 18.2. The van der Waals surface area contributed by atoms with Gasteiger partial charge in [-0.3, -0.25) is 14.9 Å². The number of benzene rings is 1. The first kappa shape index (κ1) is 22.8. The van der Waals surface area contributed by atoms with Crippen LogP contribution in [0.2, 0.25) is 0 Å². The molecule has 1 aromatic carbocycles. The second-order valence-corrected chi connectivity index (χ2v) is 8.94. The first-order valence-electron chi connectivity index (χ1n) is 11.8. The van der Waals surface area contributed by atoms with E-state index in [2.05, 4.69) is 27.1 Å². The summed E-state index contributed by atoms with van der Waals surface area (Å²) in [5.74, 6) is 0.704. The lowest BCUT2D eigenvalue weighted by atomic mass is 9.77. The lowest BCUT2D eigenvalue weighted by Gasteiger charge is -2.27. The average Bonchev–Trinajstić information content (AvgIpc) is 3.31. The Kier molecular flexibility index (Phi) is 7.27. The van der Waals surface area contributed by atoms with E-state index in [-0.39, 0.29) is 17.3 Å². The number of aromatic amines is 1. The highest BCUT2D eigenvalue weighted by Crippen LogP contribution is 2.33. The van der Waals surface area contributed by atoms with Gasteiger partial charge in [0.2, 0.25) is 11.6 Å². The van der Waals surface area contributed by atoms with Gasteiger partial charge in [0.05, 0.1) is 5.56 Å². The number of ketones is 1. The number of carbonyl (C=O) groups excluding carboxylic acids is 1. The maximum absolute atomic E-state index is 13.0. The van der Waals surface area contributed by atoms with Gasteiger partial charge in [0.15, 0.2) is 0 Å². The number of nitrogens with one attached hydrogen (secondary N) is 1. The highest BCUT2D eigenvalue weighted by Gasteiger charge is 2.29. The molecule has 0 aliphatic heterocycles. The van der Waals surface area contributed by atoms with Crippen molar-refractivity contribution in [2.24, 2.45) is 11.8 Å². The fourth-order valence-corrected chi connectivity index (χ4v) is 4.76. The molecule has 7 nitrogen and oxygen atoms in total. The minimum atomic E-state index is -0.981. The van der Waals surface area contributed by atoms with Crippen molar-refractivity contribution in [3.8, 4) is 11.1 Å². The SMILES string of the molecule is CCCCC1CCCC(C(=O)c2n[nH]c(Cc3ccc(-c4cnccc4C(=O)O)cc3)n2)C1. The van der Waals surface area contributed by atoms with Crippen LogP contribution < -0.4 is 0 Å². The van der Waals surface area contributed by atoms with Crippen molar-refractivity contribution in [2.75, 3.05) is 0 Å². The fourth-order valence-electron chi connectivity index (χ4n) is 4.76. The number of unbranched alkanes of at least 4 members (excludes halogenated alkanes) is 1. The van der Waals surface area contributed by atoms with Crippen LogP contribution in [-0.2, 0) is 6.42 Å². The Bertz CT molecular complexity index is 1110. The molecule has 4 rings (SSSR count). The Morgan fingerprint density at radius 3 is 2.73 bits per heavy atom. The molecule has 7 heteroatoms. The molecule has 0 bridgehead atoms. The van der Waals surface area contributed by atoms with Crippen molar-refractivity contribution in [3.05, 3.63) is 65.5 Å². The summed E-state index contributed by atoms with van der Waals surface area (Å²) >= 11 is 0. The van der Waals surface area contributed by atoms with Gasteiger partial charge in [0, 0.05) is 30.3 Å². The lowest BCUT2D eigenvalue weighted by molar-refractivity contribution is 0.0697. The Balaban J connectivity index is 1.41. The molecule has 2 aromatic heterocycles. The van der Waals surface area contributed by atoms with Crippen LogP contribution in [0, 0.1) is 11.8 Å². The van der Waals surface area contributed by atoms with Gasteiger partial charge < -0.3 is 5.11 Å². The van der Waals surface area contributed by atoms with Gasteiger partial charge in [-0.05, 0) is 36.0 Å². The Morgan fingerprint density at radius 2 is 1.97 bits per heavy atom. The van der Waals surface area contributed by atoms with Crippen molar-refractivity contribution >= 4 is 11.8 Å². The molecule has 1 aliphatic rings. The van der Waals surface area contributed by atoms with Crippen LogP contribution in [0.4, 0.5) is 0 Å². The van der Waals surface area contributed by atoms with Gasteiger partial charge in [-0.25, -0.2) is 9.78 Å². The van der Waals surface area contributed by atoms with Crippen LogP contribution >= 0.6 is 0 Å². The molecule has 0 saturated heterocycles. The van der Waals surface area contributed by atoms with E-state index in [9.17, 15) is 14.7 Å². The molecule has 1 aliphatic carbocycles. The zero-order valence-electron chi connectivity index (χ0n) is 19.0.